The predicted molar refractivity (Wildman–Crippen MR) is 160 cm³/mol. The number of nitrogens with zero attached hydrogens (tertiary/aromatic N) is 4. The normalized spacial score (nSPS) is 19.1. The van der Waals surface area contributed by atoms with Crippen molar-refractivity contribution in [2.45, 2.75) is 12.3 Å². The lowest BCUT2D eigenvalue weighted by Crippen LogP contribution is -2.39. The average Bonchev–Trinajstić information content (AvgIpc) is 3.50. The highest BCUT2D eigenvalue weighted by Crippen LogP contribution is 2.35. The number of rotatable bonds is 3. The number of fused-ring (bicyclic) bond motifs is 5. The van der Waals surface area contributed by atoms with E-state index in [1.54, 1.807) is 34.2 Å². The van der Waals surface area contributed by atoms with Crippen LogP contribution in [0, 0.1) is 5.92 Å². The van der Waals surface area contributed by atoms with E-state index in [1.807, 2.05) is 48.5 Å². The fourth-order valence-electron chi connectivity index (χ4n) is 5.87. The van der Waals surface area contributed by atoms with E-state index in [0.29, 0.717) is 62.0 Å². The van der Waals surface area contributed by atoms with Gasteiger partial charge in [-0.1, -0.05) is 30.3 Å². The number of amides is 3. The third-order valence-electron chi connectivity index (χ3n) is 8.12. The predicted octanol–water partition coefficient (Wildman–Crippen LogP) is 3.54. The third-order valence-corrected chi connectivity index (χ3v) is 8.12. The molecule has 2 aliphatic heterocycles. The molecule has 2 atom stereocenters. The van der Waals surface area contributed by atoms with E-state index in [1.165, 1.54) is 13.3 Å². The van der Waals surface area contributed by atoms with Crippen LogP contribution in [0.2, 0.25) is 0 Å². The van der Waals surface area contributed by atoms with E-state index >= 15 is 0 Å². The number of benzene rings is 2. The van der Waals surface area contributed by atoms with Crippen molar-refractivity contribution in [1.29, 1.82) is 0 Å². The van der Waals surface area contributed by atoms with Crippen molar-refractivity contribution in [3.8, 4) is 11.6 Å². The summed E-state index contributed by atoms with van der Waals surface area (Å²) in [5, 5.41) is 3.87. The fourth-order valence-corrected chi connectivity index (χ4v) is 5.87. The van der Waals surface area contributed by atoms with Crippen LogP contribution in [0.15, 0.2) is 79.1 Å². The van der Waals surface area contributed by atoms with Gasteiger partial charge in [0.25, 0.3) is 11.8 Å². The maximum atomic E-state index is 13.7. The molecule has 2 bridgehead atoms. The summed E-state index contributed by atoms with van der Waals surface area (Å²) in [7, 11) is 1.52. The molecule has 10 heteroatoms. The molecule has 0 saturated carbocycles. The molecule has 2 aromatic carbocycles. The fraction of sp³-hybridized carbons (Fsp3) is 0.303. The van der Waals surface area contributed by atoms with Crippen LogP contribution in [0.4, 0.5) is 0 Å². The summed E-state index contributed by atoms with van der Waals surface area (Å²) >= 11 is 0. The molecule has 0 aliphatic carbocycles. The van der Waals surface area contributed by atoms with Crippen molar-refractivity contribution in [3.05, 3.63) is 95.8 Å². The third kappa shape index (κ3) is 5.99. The van der Waals surface area contributed by atoms with E-state index < -0.39 is 5.92 Å². The Balaban J connectivity index is 1.22. The van der Waals surface area contributed by atoms with Gasteiger partial charge in [-0.25, -0.2) is 4.98 Å². The van der Waals surface area contributed by atoms with E-state index in [9.17, 15) is 14.4 Å². The Kier molecular flexibility index (Phi) is 8.17. The molecule has 1 fully saturated rings. The number of pyridine rings is 2. The number of likely N-dealkylation sites (tertiary alicyclic amines) is 1. The average molecular weight is 580 g/mol. The summed E-state index contributed by atoms with van der Waals surface area (Å²) in [4.78, 5) is 52.6. The van der Waals surface area contributed by atoms with Crippen LogP contribution in [-0.4, -0.2) is 83.9 Å². The first-order valence-corrected chi connectivity index (χ1v) is 14.4. The molecule has 43 heavy (non-hydrogen) atoms. The van der Waals surface area contributed by atoms with E-state index in [2.05, 4.69) is 15.3 Å². The zero-order valence-corrected chi connectivity index (χ0v) is 23.9. The molecule has 220 valence electrons. The summed E-state index contributed by atoms with van der Waals surface area (Å²) in [5.41, 5.74) is 2.71. The largest absolute Gasteiger partial charge is 0.492 e. The van der Waals surface area contributed by atoms with Gasteiger partial charge in [0, 0.05) is 55.9 Å². The lowest BCUT2D eigenvalue weighted by molar-refractivity contribution is -0.124. The Hall–Kier alpha value is -4.99. The molecule has 0 radical (unpaired) electrons. The maximum absolute atomic E-state index is 13.7. The molecule has 0 spiro atoms. The number of aromatic nitrogens is 2. The Bertz CT molecular complexity index is 1640. The van der Waals surface area contributed by atoms with Gasteiger partial charge in [0.15, 0.2) is 0 Å². The minimum absolute atomic E-state index is 0.104. The Morgan fingerprint density at radius 2 is 1.79 bits per heavy atom. The summed E-state index contributed by atoms with van der Waals surface area (Å²) in [6, 6.07) is 20.3. The van der Waals surface area contributed by atoms with Gasteiger partial charge in [0.05, 0.1) is 36.2 Å². The number of carbonyl (C=O) groups excluding carboxylic acids is 3. The molecule has 2 aliphatic rings. The van der Waals surface area contributed by atoms with Gasteiger partial charge < -0.3 is 24.6 Å². The molecule has 1 saturated heterocycles. The zero-order chi connectivity index (χ0) is 29.8. The van der Waals surface area contributed by atoms with Crippen molar-refractivity contribution in [3.63, 3.8) is 0 Å². The second kappa shape index (κ2) is 12.5. The van der Waals surface area contributed by atoms with Gasteiger partial charge in [-0.2, -0.15) is 0 Å². The monoisotopic (exact) mass is 579 g/mol. The minimum atomic E-state index is -0.436. The Labute approximate surface area is 249 Å². The second-order valence-electron chi connectivity index (χ2n) is 10.7. The maximum Gasteiger partial charge on any atom is 0.255 e. The second-order valence-corrected chi connectivity index (χ2v) is 10.7. The van der Waals surface area contributed by atoms with Crippen LogP contribution in [-0.2, 0) is 4.79 Å². The number of para-hydroxylation sites is 1. The van der Waals surface area contributed by atoms with Crippen molar-refractivity contribution in [2.75, 3.05) is 46.4 Å². The quantitative estimate of drug-likeness (QED) is 0.395. The van der Waals surface area contributed by atoms with E-state index in [0.717, 1.165) is 16.5 Å². The highest BCUT2D eigenvalue weighted by atomic mass is 16.5. The molecule has 0 unspecified atom stereocenters. The van der Waals surface area contributed by atoms with Gasteiger partial charge in [-0.3, -0.25) is 19.4 Å². The van der Waals surface area contributed by atoms with Crippen molar-refractivity contribution in [2.24, 2.45) is 5.92 Å². The number of nitrogens with one attached hydrogen (secondary N) is 1. The lowest BCUT2D eigenvalue weighted by atomic mass is 9.88. The van der Waals surface area contributed by atoms with Gasteiger partial charge in [-0.15, -0.1) is 0 Å². The standard InChI is InChI=1S/C33H33N5O5/c1-42-30-11-10-23(19-36-30)32(40)38-20-27-22-6-4-7-24(18-22)43-17-16-37(15-5-13-35-31(39)28(27)21-38)33(41)26-12-14-34-29-9-3-2-8-25(26)29/h2-4,6-12,14,18-19,27-28H,5,13,15-17,20-21H2,1H3,(H,35,39)/t27-,28+/m1/s1. The molecule has 1 N–H and O–H groups in total. The summed E-state index contributed by atoms with van der Waals surface area (Å²) in [6.45, 7) is 2.23. The number of methoxy groups -OCH3 is 1. The molecule has 4 aromatic rings. The highest BCUT2D eigenvalue weighted by molar-refractivity contribution is 6.06. The first kappa shape index (κ1) is 28.1. The van der Waals surface area contributed by atoms with Crippen LogP contribution in [0.3, 0.4) is 0 Å². The number of hydrogen-bond donors (Lipinski definition) is 1. The van der Waals surface area contributed by atoms with Crippen LogP contribution in [0.25, 0.3) is 10.9 Å². The molecular formula is C33H33N5O5. The zero-order valence-electron chi connectivity index (χ0n) is 23.9. The van der Waals surface area contributed by atoms with Crippen LogP contribution in [0.1, 0.15) is 38.6 Å². The summed E-state index contributed by atoms with van der Waals surface area (Å²) < 4.78 is 11.2. The van der Waals surface area contributed by atoms with Gasteiger partial charge in [0.1, 0.15) is 12.4 Å². The number of carbonyl (C=O) groups is 3. The van der Waals surface area contributed by atoms with Gasteiger partial charge in [0.2, 0.25) is 11.8 Å². The van der Waals surface area contributed by atoms with Gasteiger partial charge in [-0.05, 0) is 42.3 Å². The molecule has 4 heterocycles. The Morgan fingerprint density at radius 1 is 0.930 bits per heavy atom. The molecular weight excluding hydrogens is 546 g/mol. The van der Waals surface area contributed by atoms with Crippen LogP contribution in [0.5, 0.6) is 11.6 Å². The topological polar surface area (TPSA) is 114 Å². The highest BCUT2D eigenvalue weighted by Gasteiger charge is 2.40. The minimum Gasteiger partial charge on any atom is -0.492 e. The van der Waals surface area contributed by atoms with Crippen molar-refractivity contribution >= 4 is 28.6 Å². The van der Waals surface area contributed by atoms with E-state index in [-0.39, 0.29) is 30.2 Å². The van der Waals surface area contributed by atoms with Crippen molar-refractivity contribution in [1.82, 2.24) is 25.1 Å². The van der Waals surface area contributed by atoms with E-state index in [4.69, 9.17) is 9.47 Å². The molecule has 2 aromatic heterocycles. The molecule has 10 nitrogen and oxygen atoms in total. The molecule has 6 rings (SSSR count). The molecule has 3 amide bonds. The number of hydrogen-bond acceptors (Lipinski definition) is 7. The first-order chi connectivity index (χ1) is 21.0. The lowest BCUT2D eigenvalue weighted by Gasteiger charge is -2.25. The first-order valence-electron chi connectivity index (χ1n) is 14.4. The summed E-state index contributed by atoms with van der Waals surface area (Å²) in [6.07, 6.45) is 3.72. The summed E-state index contributed by atoms with van der Waals surface area (Å²) in [5.74, 6) is 0.0470. The van der Waals surface area contributed by atoms with Gasteiger partial charge >= 0.3 is 0 Å². The van der Waals surface area contributed by atoms with Crippen LogP contribution < -0.4 is 14.8 Å². The Morgan fingerprint density at radius 3 is 2.63 bits per heavy atom. The SMILES string of the molecule is COc1ccc(C(=O)N2C[C@@H]3C(=O)NCCCN(C(=O)c4ccnc5ccccc45)CCOc4cccc(c4)[C@H]3C2)cn1. The van der Waals surface area contributed by atoms with Crippen molar-refractivity contribution < 1.29 is 23.9 Å². The number of ether oxygens (including phenoxy) is 2. The smallest absolute Gasteiger partial charge is 0.255 e. The van der Waals surface area contributed by atoms with Crippen LogP contribution >= 0.6 is 0 Å².